The maximum absolute atomic E-state index is 13.0. The molecule has 1 aliphatic heterocycles. The van der Waals surface area contributed by atoms with Crippen LogP contribution in [-0.4, -0.2) is 50.0 Å². The number of sulfonamides is 1. The summed E-state index contributed by atoms with van der Waals surface area (Å²) in [6, 6.07) is 9.98. The summed E-state index contributed by atoms with van der Waals surface area (Å²) in [4.78, 5) is 12.7. The average Bonchev–Trinajstić information content (AvgIpc) is 3.12. The standard InChI is InChI=1S/C22H31N3O5S/c1-16-21(18(3)30-24-16)31(27,28)25-13-7-11-20(15-25)22(26)23-12-8-14-29-17(2)19-9-5-4-6-10-19/h4-6,9-10,17,20H,7-8,11-15H2,1-3H3,(H,23,26). The number of amides is 1. The Morgan fingerprint density at radius 1 is 1.32 bits per heavy atom. The summed E-state index contributed by atoms with van der Waals surface area (Å²) in [5.74, 6) is -0.211. The number of benzene rings is 1. The van der Waals surface area contributed by atoms with Crippen molar-refractivity contribution < 1.29 is 22.5 Å². The summed E-state index contributed by atoms with van der Waals surface area (Å²) < 4.78 is 38.3. The van der Waals surface area contributed by atoms with Crippen LogP contribution >= 0.6 is 0 Å². The zero-order valence-corrected chi connectivity index (χ0v) is 19.2. The van der Waals surface area contributed by atoms with Crippen molar-refractivity contribution in [3.63, 3.8) is 0 Å². The van der Waals surface area contributed by atoms with Crippen LogP contribution in [0.5, 0.6) is 0 Å². The van der Waals surface area contributed by atoms with Gasteiger partial charge in [0, 0.05) is 26.2 Å². The number of carbonyl (C=O) groups is 1. The minimum absolute atomic E-state index is 0.00154. The van der Waals surface area contributed by atoms with Crippen molar-refractivity contribution in [2.24, 2.45) is 5.92 Å². The summed E-state index contributed by atoms with van der Waals surface area (Å²) in [7, 11) is -3.73. The Kier molecular flexibility index (Phi) is 7.85. The van der Waals surface area contributed by atoms with Crippen molar-refractivity contribution in [1.82, 2.24) is 14.8 Å². The van der Waals surface area contributed by atoms with Gasteiger partial charge < -0.3 is 14.6 Å². The van der Waals surface area contributed by atoms with E-state index < -0.39 is 10.0 Å². The van der Waals surface area contributed by atoms with Crippen LogP contribution < -0.4 is 5.32 Å². The maximum atomic E-state index is 13.0. The van der Waals surface area contributed by atoms with E-state index in [1.165, 1.54) is 4.31 Å². The first-order valence-corrected chi connectivity index (χ1v) is 12.1. The molecular weight excluding hydrogens is 418 g/mol. The lowest BCUT2D eigenvalue weighted by molar-refractivity contribution is -0.126. The molecule has 2 aromatic rings. The fraction of sp³-hybridized carbons (Fsp3) is 0.545. The Bertz CT molecular complexity index is 955. The molecule has 8 nitrogen and oxygen atoms in total. The molecule has 0 bridgehead atoms. The summed E-state index contributed by atoms with van der Waals surface area (Å²) in [5.41, 5.74) is 1.46. The molecule has 1 amide bonds. The van der Waals surface area contributed by atoms with Crippen LogP contribution in [0.1, 0.15) is 49.3 Å². The largest absolute Gasteiger partial charge is 0.374 e. The second-order valence-electron chi connectivity index (χ2n) is 7.92. The highest BCUT2D eigenvalue weighted by Gasteiger charge is 2.36. The van der Waals surface area contributed by atoms with E-state index in [1.807, 2.05) is 37.3 Å². The fourth-order valence-electron chi connectivity index (χ4n) is 3.86. The Morgan fingerprint density at radius 3 is 2.74 bits per heavy atom. The van der Waals surface area contributed by atoms with Gasteiger partial charge in [-0.15, -0.1) is 0 Å². The predicted molar refractivity (Wildman–Crippen MR) is 116 cm³/mol. The first-order chi connectivity index (χ1) is 14.8. The third kappa shape index (κ3) is 5.72. The van der Waals surface area contributed by atoms with Crippen molar-refractivity contribution in [3.8, 4) is 0 Å². The van der Waals surface area contributed by atoms with Gasteiger partial charge in [0.1, 0.15) is 10.6 Å². The molecule has 170 valence electrons. The first kappa shape index (κ1) is 23.4. The summed E-state index contributed by atoms with van der Waals surface area (Å²) in [6.07, 6.45) is 1.99. The predicted octanol–water partition coefficient (Wildman–Crippen LogP) is 2.98. The maximum Gasteiger partial charge on any atom is 0.248 e. The number of aryl methyl sites for hydroxylation is 2. The van der Waals surface area contributed by atoms with Gasteiger partial charge in [0.05, 0.1) is 12.0 Å². The van der Waals surface area contributed by atoms with Gasteiger partial charge in [-0.05, 0) is 45.6 Å². The highest BCUT2D eigenvalue weighted by Crippen LogP contribution is 2.27. The minimum Gasteiger partial charge on any atom is -0.374 e. The normalized spacial score (nSPS) is 18.6. The van der Waals surface area contributed by atoms with E-state index in [0.29, 0.717) is 44.7 Å². The Labute approximate surface area is 184 Å². The molecule has 0 radical (unpaired) electrons. The van der Waals surface area contributed by atoms with Gasteiger partial charge in [-0.3, -0.25) is 4.79 Å². The van der Waals surface area contributed by atoms with E-state index in [1.54, 1.807) is 13.8 Å². The quantitative estimate of drug-likeness (QED) is 0.591. The van der Waals surface area contributed by atoms with Gasteiger partial charge in [0.25, 0.3) is 0 Å². The topological polar surface area (TPSA) is 102 Å². The average molecular weight is 450 g/mol. The Balaban J connectivity index is 1.45. The monoisotopic (exact) mass is 449 g/mol. The smallest absolute Gasteiger partial charge is 0.248 e. The number of carbonyl (C=O) groups excluding carboxylic acids is 1. The third-order valence-corrected chi connectivity index (χ3v) is 7.69. The van der Waals surface area contributed by atoms with Crippen LogP contribution in [0, 0.1) is 19.8 Å². The molecule has 0 aliphatic carbocycles. The molecule has 1 aromatic heterocycles. The Morgan fingerprint density at radius 2 is 2.06 bits per heavy atom. The SMILES string of the molecule is Cc1noc(C)c1S(=O)(=O)N1CCCC(C(=O)NCCCOC(C)c2ccccc2)C1. The number of ether oxygens (including phenoxy) is 1. The molecule has 2 heterocycles. The summed E-state index contributed by atoms with van der Waals surface area (Å²) in [6.45, 7) is 6.78. The molecule has 0 spiro atoms. The van der Waals surface area contributed by atoms with Crippen LogP contribution in [-0.2, 0) is 19.6 Å². The number of aromatic nitrogens is 1. The molecule has 2 unspecified atom stereocenters. The highest BCUT2D eigenvalue weighted by atomic mass is 32.2. The van der Waals surface area contributed by atoms with Crippen LogP contribution in [0.15, 0.2) is 39.8 Å². The molecule has 1 aromatic carbocycles. The molecule has 0 saturated carbocycles. The highest BCUT2D eigenvalue weighted by molar-refractivity contribution is 7.89. The summed E-state index contributed by atoms with van der Waals surface area (Å²) >= 11 is 0. The first-order valence-electron chi connectivity index (χ1n) is 10.7. The molecular formula is C22H31N3O5S. The molecule has 1 fully saturated rings. The van der Waals surface area contributed by atoms with Crippen molar-refractivity contribution >= 4 is 15.9 Å². The van der Waals surface area contributed by atoms with Gasteiger partial charge in [-0.2, -0.15) is 4.31 Å². The van der Waals surface area contributed by atoms with E-state index >= 15 is 0 Å². The zero-order chi connectivity index (χ0) is 22.4. The van der Waals surface area contributed by atoms with E-state index in [-0.39, 0.29) is 35.1 Å². The number of hydrogen-bond acceptors (Lipinski definition) is 6. The van der Waals surface area contributed by atoms with E-state index in [2.05, 4.69) is 10.5 Å². The number of nitrogens with zero attached hydrogens (tertiary/aromatic N) is 2. The summed E-state index contributed by atoms with van der Waals surface area (Å²) in [5, 5.41) is 6.67. The number of nitrogens with one attached hydrogen (secondary N) is 1. The Hall–Kier alpha value is -2.23. The van der Waals surface area contributed by atoms with Gasteiger partial charge in [0.15, 0.2) is 5.76 Å². The molecule has 2 atom stereocenters. The molecule has 3 rings (SSSR count). The van der Waals surface area contributed by atoms with E-state index in [4.69, 9.17) is 9.26 Å². The van der Waals surface area contributed by atoms with Gasteiger partial charge >= 0.3 is 0 Å². The van der Waals surface area contributed by atoms with Crippen LogP contribution in [0.2, 0.25) is 0 Å². The van der Waals surface area contributed by atoms with Crippen LogP contribution in [0.25, 0.3) is 0 Å². The number of hydrogen-bond donors (Lipinski definition) is 1. The number of rotatable bonds is 9. The lowest BCUT2D eigenvalue weighted by Crippen LogP contribution is -2.45. The molecule has 1 aliphatic rings. The number of piperidine rings is 1. The lowest BCUT2D eigenvalue weighted by Gasteiger charge is -2.31. The van der Waals surface area contributed by atoms with Gasteiger partial charge in [0.2, 0.25) is 15.9 Å². The van der Waals surface area contributed by atoms with Crippen molar-refractivity contribution in [2.75, 3.05) is 26.2 Å². The second-order valence-corrected chi connectivity index (χ2v) is 9.80. The molecule has 1 saturated heterocycles. The molecule has 1 N–H and O–H groups in total. The van der Waals surface area contributed by atoms with Crippen molar-refractivity contribution in [2.45, 2.75) is 51.0 Å². The molecule has 31 heavy (non-hydrogen) atoms. The van der Waals surface area contributed by atoms with Crippen molar-refractivity contribution in [3.05, 3.63) is 47.3 Å². The minimum atomic E-state index is -3.73. The van der Waals surface area contributed by atoms with Gasteiger partial charge in [-0.1, -0.05) is 35.5 Å². The zero-order valence-electron chi connectivity index (χ0n) is 18.3. The van der Waals surface area contributed by atoms with Crippen LogP contribution in [0.4, 0.5) is 0 Å². The van der Waals surface area contributed by atoms with Crippen LogP contribution in [0.3, 0.4) is 0 Å². The second kappa shape index (κ2) is 10.4. The molecule has 9 heteroatoms. The van der Waals surface area contributed by atoms with Crippen molar-refractivity contribution in [1.29, 1.82) is 0 Å². The lowest BCUT2D eigenvalue weighted by atomic mass is 9.99. The van der Waals surface area contributed by atoms with E-state index in [0.717, 1.165) is 5.56 Å². The third-order valence-electron chi connectivity index (χ3n) is 5.58. The van der Waals surface area contributed by atoms with Gasteiger partial charge in [-0.25, -0.2) is 8.42 Å². The van der Waals surface area contributed by atoms with E-state index in [9.17, 15) is 13.2 Å². The fourth-order valence-corrected chi connectivity index (χ4v) is 5.67.